The van der Waals surface area contributed by atoms with Crippen LogP contribution in [0.5, 0.6) is 0 Å². The highest BCUT2D eigenvalue weighted by Gasteiger charge is 2.06. The third-order valence-electron chi connectivity index (χ3n) is 2.48. The highest BCUT2D eigenvalue weighted by molar-refractivity contribution is 7.09. The second-order valence-corrected chi connectivity index (χ2v) is 4.83. The minimum absolute atomic E-state index is 0.263. The number of aryl methyl sites for hydroxylation is 1. The lowest BCUT2D eigenvalue weighted by atomic mass is 10.1. The number of thiophene rings is 1. The van der Waals surface area contributed by atoms with Gasteiger partial charge in [-0.05, 0) is 36.4 Å². The van der Waals surface area contributed by atoms with E-state index in [0.29, 0.717) is 0 Å². The minimum Gasteiger partial charge on any atom is -0.393 e. The van der Waals surface area contributed by atoms with Crippen molar-refractivity contribution in [1.82, 2.24) is 4.98 Å². The monoisotopic (exact) mass is 233 g/mol. The van der Waals surface area contributed by atoms with Crippen molar-refractivity contribution in [1.29, 1.82) is 0 Å². The number of hydrogen-bond donors (Lipinski definition) is 1. The van der Waals surface area contributed by atoms with Crippen molar-refractivity contribution in [3.05, 3.63) is 52.5 Å². The van der Waals surface area contributed by atoms with Crippen LogP contribution >= 0.6 is 11.3 Å². The lowest BCUT2D eigenvalue weighted by Gasteiger charge is -2.08. The fraction of sp³-hybridized carbons (Fsp3) is 0.308. The standard InChI is InChI=1S/C13H15NOS/c15-12(10-13-5-3-9-16-13)7-6-11-4-1-2-8-14-11/h1-5,8-9,12,15H,6-7,10H2. The van der Waals surface area contributed by atoms with Gasteiger partial charge in [-0.2, -0.15) is 0 Å². The van der Waals surface area contributed by atoms with Crippen molar-refractivity contribution in [2.24, 2.45) is 0 Å². The van der Waals surface area contributed by atoms with Crippen LogP contribution in [0.25, 0.3) is 0 Å². The van der Waals surface area contributed by atoms with E-state index in [-0.39, 0.29) is 6.10 Å². The zero-order chi connectivity index (χ0) is 11.2. The maximum Gasteiger partial charge on any atom is 0.0592 e. The molecule has 2 aromatic heterocycles. The molecular formula is C13H15NOS. The van der Waals surface area contributed by atoms with E-state index >= 15 is 0 Å². The molecule has 3 heteroatoms. The van der Waals surface area contributed by atoms with Crippen molar-refractivity contribution in [2.75, 3.05) is 0 Å². The molecule has 0 aliphatic rings. The molecule has 0 radical (unpaired) electrons. The van der Waals surface area contributed by atoms with E-state index in [0.717, 1.165) is 25.0 Å². The van der Waals surface area contributed by atoms with Gasteiger partial charge in [0.05, 0.1) is 6.10 Å². The molecule has 0 fully saturated rings. The summed E-state index contributed by atoms with van der Waals surface area (Å²) in [5.74, 6) is 0. The molecule has 1 atom stereocenters. The summed E-state index contributed by atoms with van der Waals surface area (Å²) >= 11 is 1.70. The van der Waals surface area contributed by atoms with Crippen LogP contribution in [0, 0.1) is 0 Å². The Morgan fingerprint density at radius 1 is 1.25 bits per heavy atom. The summed E-state index contributed by atoms with van der Waals surface area (Å²) in [4.78, 5) is 5.48. The molecule has 84 valence electrons. The van der Waals surface area contributed by atoms with Crippen LogP contribution in [0.4, 0.5) is 0 Å². The van der Waals surface area contributed by atoms with Gasteiger partial charge in [-0.1, -0.05) is 12.1 Å². The van der Waals surface area contributed by atoms with Crippen molar-refractivity contribution in [3.63, 3.8) is 0 Å². The summed E-state index contributed by atoms with van der Waals surface area (Å²) in [6.45, 7) is 0. The zero-order valence-corrected chi connectivity index (χ0v) is 9.86. The molecule has 0 aromatic carbocycles. The number of aliphatic hydroxyl groups excluding tert-OH is 1. The average Bonchev–Trinajstić information content (AvgIpc) is 2.81. The van der Waals surface area contributed by atoms with Crippen LogP contribution in [0.15, 0.2) is 41.9 Å². The average molecular weight is 233 g/mol. The first kappa shape index (κ1) is 11.3. The Bertz CT molecular complexity index is 399. The maximum atomic E-state index is 9.86. The summed E-state index contributed by atoms with van der Waals surface area (Å²) < 4.78 is 0. The van der Waals surface area contributed by atoms with E-state index < -0.39 is 0 Å². The Balaban J connectivity index is 1.78. The molecule has 16 heavy (non-hydrogen) atoms. The lowest BCUT2D eigenvalue weighted by Crippen LogP contribution is -2.11. The van der Waals surface area contributed by atoms with Crippen LogP contribution < -0.4 is 0 Å². The Labute approximate surface area is 99.6 Å². The van der Waals surface area contributed by atoms with Gasteiger partial charge in [0.25, 0.3) is 0 Å². The van der Waals surface area contributed by atoms with Gasteiger partial charge in [0.15, 0.2) is 0 Å². The van der Waals surface area contributed by atoms with Crippen LogP contribution in [0.3, 0.4) is 0 Å². The first-order valence-corrected chi connectivity index (χ1v) is 6.33. The molecular weight excluding hydrogens is 218 g/mol. The molecule has 2 heterocycles. The highest BCUT2D eigenvalue weighted by atomic mass is 32.1. The van der Waals surface area contributed by atoms with Gasteiger partial charge in [0, 0.05) is 23.2 Å². The third-order valence-corrected chi connectivity index (χ3v) is 3.38. The van der Waals surface area contributed by atoms with E-state index in [4.69, 9.17) is 0 Å². The third kappa shape index (κ3) is 3.43. The summed E-state index contributed by atoms with van der Waals surface area (Å²) in [5.41, 5.74) is 1.05. The molecule has 2 rings (SSSR count). The molecule has 0 spiro atoms. The van der Waals surface area contributed by atoms with Crippen molar-refractivity contribution < 1.29 is 5.11 Å². The number of aliphatic hydroxyl groups is 1. The SMILES string of the molecule is OC(CCc1ccccn1)Cc1cccs1. The van der Waals surface area contributed by atoms with Crippen LogP contribution in [0.2, 0.25) is 0 Å². The van der Waals surface area contributed by atoms with Crippen LogP contribution in [0.1, 0.15) is 17.0 Å². The topological polar surface area (TPSA) is 33.1 Å². The largest absolute Gasteiger partial charge is 0.393 e. The molecule has 0 bridgehead atoms. The molecule has 2 nitrogen and oxygen atoms in total. The second-order valence-electron chi connectivity index (χ2n) is 3.80. The number of rotatable bonds is 5. The highest BCUT2D eigenvalue weighted by Crippen LogP contribution is 2.13. The summed E-state index contributed by atoms with van der Waals surface area (Å²) in [5, 5.41) is 11.9. The number of pyridine rings is 1. The molecule has 1 N–H and O–H groups in total. The normalized spacial score (nSPS) is 12.6. The van der Waals surface area contributed by atoms with Gasteiger partial charge in [0.2, 0.25) is 0 Å². The second kappa shape index (κ2) is 5.77. The Morgan fingerprint density at radius 3 is 2.88 bits per heavy atom. The van der Waals surface area contributed by atoms with E-state index in [1.807, 2.05) is 29.6 Å². The van der Waals surface area contributed by atoms with Gasteiger partial charge < -0.3 is 5.11 Å². The van der Waals surface area contributed by atoms with E-state index in [1.54, 1.807) is 17.5 Å². The Morgan fingerprint density at radius 2 is 2.19 bits per heavy atom. The number of hydrogen-bond acceptors (Lipinski definition) is 3. The molecule has 0 aliphatic heterocycles. The van der Waals surface area contributed by atoms with E-state index in [9.17, 15) is 5.11 Å². The van der Waals surface area contributed by atoms with Gasteiger partial charge in [-0.25, -0.2) is 0 Å². The van der Waals surface area contributed by atoms with Crippen molar-refractivity contribution in [2.45, 2.75) is 25.4 Å². The van der Waals surface area contributed by atoms with Crippen LogP contribution in [-0.4, -0.2) is 16.2 Å². The quantitative estimate of drug-likeness (QED) is 0.861. The molecule has 1 unspecified atom stereocenters. The fourth-order valence-corrected chi connectivity index (χ4v) is 2.40. The smallest absolute Gasteiger partial charge is 0.0592 e. The molecule has 2 aromatic rings. The van der Waals surface area contributed by atoms with Crippen LogP contribution in [-0.2, 0) is 12.8 Å². The molecule has 0 amide bonds. The lowest BCUT2D eigenvalue weighted by molar-refractivity contribution is 0.165. The predicted molar refractivity (Wildman–Crippen MR) is 66.6 cm³/mol. The molecule has 0 saturated carbocycles. The maximum absolute atomic E-state index is 9.86. The van der Waals surface area contributed by atoms with Gasteiger partial charge in [-0.3, -0.25) is 4.98 Å². The van der Waals surface area contributed by atoms with Gasteiger partial charge in [-0.15, -0.1) is 11.3 Å². The van der Waals surface area contributed by atoms with Gasteiger partial charge in [0.1, 0.15) is 0 Å². The summed E-state index contributed by atoms with van der Waals surface area (Å²) in [6.07, 6.45) is 3.90. The zero-order valence-electron chi connectivity index (χ0n) is 9.04. The first-order valence-electron chi connectivity index (χ1n) is 5.45. The molecule has 0 saturated heterocycles. The summed E-state index contributed by atoms with van der Waals surface area (Å²) in [6, 6.07) is 9.97. The Kier molecular flexibility index (Phi) is 4.08. The van der Waals surface area contributed by atoms with Gasteiger partial charge >= 0.3 is 0 Å². The van der Waals surface area contributed by atoms with Crippen molar-refractivity contribution in [3.8, 4) is 0 Å². The fourth-order valence-electron chi connectivity index (χ4n) is 1.62. The van der Waals surface area contributed by atoms with E-state index in [1.165, 1.54) is 4.88 Å². The predicted octanol–water partition coefficient (Wildman–Crippen LogP) is 2.68. The van der Waals surface area contributed by atoms with E-state index in [2.05, 4.69) is 11.1 Å². The first-order chi connectivity index (χ1) is 7.84. The number of aromatic nitrogens is 1. The van der Waals surface area contributed by atoms with Crippen molar-refractivity contribution >= 4 is 11.3 Å². The summed E-state index contributed by atoms with van der Waals surface area (Å²) in [7, 11) is 0. The number of nitrogens with zero attached hydrogens (tertiary/aromatic N) is 1. The Hall–Kier alpha value is -1.19. The molecule has 0 aliphatic carbocycles. The minimum atomic E-state index is -0.263.